The van der Waals surface area contributed by atoms with Crippen LogP contribution in [0, 0.1) is 5.41 Å². The molecular formula is C10H14O2S3. The van der Waals surface area contributed by atoms with Crippen molar-refractivity contribution in [3.8, 4) is 0 Å². The van der Waals surface area contributed by atoms with Crippen molar-refractivity contribution in [3.63, 3.8) is 0 Å². The molecule has 4 bridgehead atoms. The summed E-state index contributed by atoms with van der Waals surface area (Å²) in [5, 5.41) is 0. The maximum atomic E-state index is 12.0. The minimum absolute atomic E-state index is 0.0749. The Bertz CT molecular complexity index is 257. The molecule has 0 N–H and O–H groups in total. The zero-order chi connectivity index (χ0) is 10.5. The lowest BCUT2D eigenvalue weighted by Crippen LogP contribution is -2.49. The summed E-state index contributed by atoms with van der Waals surface area (Å²) in [5.74, 6) is 0.0749. The van der Waals surface area contributed by atoms with E-state index in [9.17, 15) is 4.79 Å². The Morgan fingerprint density at radius 1 is 1.20 bits per heavy atom. The third-order valence-electron chi connectivity index (χ3n) is 3.29. The minimum Gasteiger partial charge on any atom is -0.466 e. The summed E-state index contributed by atoms with van der Waals surface area (Å²) in [6.07, 6.45) is 3.11. The van der Waals surface area contributed by atoms with Gasteiger partial charge in [0.05, 0.1) is 25.8 Å². The fraction of sp³-hybridized carbons (Fsp3) is 0.900. The molecule has 0 amide bonds. The molecule has 4 rings (SSSR count). The molecule has 4 heterocycles. The van der Waals surface area contributed by atoms with Gasteiger partial charge < -0.3 is 4.74 Å². The van der Waals surface area contributed by atoms with Gasteiger partial charge in [-0.3, -0.25) is 4.79 Å². The highest BCUT2D eigenvalue weighted by molar-refractivity contribution is 8.33. The van der Waals surface area contributed by atoms with Gasteiger partial charge in [0.2, 0.25) is 0 Å². The Hall–Kier alpha value is 0.520. The maximum absolute atomic E-state index is 12.0. The Morgan fingerprint density at radius 3 is 2.07 bits per heavy atom. The van der Waals surface area contributed by atoms with Crippen LogP contribution in [0.15, 0.2) is 0 Å². The average molecular weight is 262 g/mol. The molecule has 0 aliphatic carbocycles. The lowest BCUT2D eigenvalue weighted by molar-refractivity contribution is -0.157. The van der Waals surface area contributed by atoms with Crippen molar-refractivity contribution in [2.45, 2.75) is 39.9 Å². The molecule has 4 aliphatic rings. The molecule has 4 aliphatic heterocycles. The normalized spacial score (nSPS) is 46.9. The summed E-state index contributed by atoms with van der Waals surface area (Å²) in [4.78, 5) is 12.0. The largest absolute Gasteiger partial charge is 0.466 e. The van der Waals surface area contributed by atoms with Crippen molar-refractivity contribution in [2.75, 3.05) is 6.61 Å². The molecule has 0 spiro atoms. The number of carbonyl (C=O) groups is 1. The van der Waals surface area contributed by atoms with Crippen molar-refractivity contribution >= 4 is 41.3 Å². The first kappa shape index (κ1) is 10.7. The van der Waals surface area contributed by atoms with Crippen molar-refractivity contribution in [1.82, 2.24) is 0 Å². The van der Waals surface area contributed by atoms with Crippen molar-refractivity contribution in [1.29, 1.82) is 0 Å². The minimum atomic E-state index is -0.113. The number of rotatable bonds is 2. The molecule has 2 nitrogen and oxygen atoms in total. The van der Waals surface area contributed by atoms with E-state index in [4.69, 9.17) is 4.74 Å². The fourth-order valence-electron chi connectivity index (χ4n) is 2.63. The number of ether oxygens (including phenoxy) is 1. The van der Waals surface area contributed by atoms with E-state index in [1.54, 1.807) is 0 Å². The molecule has 0 aromatic heterocycles. The van der Waals surface area contributed by atoms with Gasteiger partial charge in [-0.15, -0.1) is 35.3 Å². The maximum Gasteiger partial charge on any atom is 0.312 e. The predicted molar refractivity (Wildman–Crippen MR) is 67.1 cm³/mol. The topological polar surface area (TPSA) is 26.3 Å². The molecule has 0 saturated carbocycles. The first-order chi connectivity index (χ1) is 7.22. The van der Waals surface area contributed by atoms with Gasteiger partial charge in [0.15, 0.2) is 0 Å². The third kappa shape index (κ3) is 1.71. The molecule has 15 heavy (non-hydrogen) atoms. The van der Waals surface area contributed by atoms with Gasteiger partial charge in [-0.05, 0) is 26.2 Å². The molecular weight excluding hydrogens is 248 g/mol. The van der Waals surface area contributed by atoms with Crippen LogP contribution in [0.4, 0.5) is 0 Å². The SMILES string of the molecule is CCOC(=O)C12CC3SC(C1)SC(C2)S3. The second-order valence-corrected chi connectivity index (χ2v) is 9.44. The molecule has 84 valence electrons. The molecule has 0 aromatic rings. The standard InChI is InChI=1S/C10H14O2S3/c1-2-12-9(11)10-3-6-13-7(4-10)15-8(5-10)14-6/h6-8H,2-5H2,1H3. The third-order valence-corrected chi connectivity index (χ3v) is 8.11. The van der Waals surface area contributed by atoms with E-state index in [0.29, 0.717) is 20.4 Å². The summed E-state index contributed by atoms with van der Waals surface area (Å²) in [5.41, 5.74) is -0.113. The van der Waals surface area contributed by atoms with Crippen molar-refractivity contribution < 1.29 is 9.53 Å². The number of hydrogen-bond donors (Lipinski definition) is 0. The van der Waals surface area contributed by atoms with Crippen LogP contribution in [-0.2, 0) is 9.53 Å². The van der Waals surface area contributed by atoms with Gasteiger partial charge in [-0.1, -0.05) is 0 Å². The summed E-state index contributed by atoms with van der Waals surface area (Å²) >= 11 is 6.18. The first-order valence-electron chi connectivity index (χ1n) is 5.35. The summed E-state index contributed by atoms with van der Waals surface area (Å²) < 4.78 is 7.20. The Kier molecular flexibility index (Phi) is 2.68. The van der Waals surface area contributed by atoms with Crippen LogP contribution in [0.5, 0.6) is 0 Å². The molecule has 0 radical (unpaired) electrons. The van der Waals surface area contributed by atoms with Crippen LogP contribution in [0.25, 0.3) is 0 Å². The number of hydrogen-bond acceptors (Lipinski definition) is 5. The van der Waals surface area contributed by atoms with E-state index in [2.05, 4.69) is 35.3 Å². The van der Waals surface area contributed by atoms with Crippen LogP contribution in [0.1, 0.15) is 26.2 Å². The fourth-order valence-corrected chi connectivity index (χ4v) is 9.96. The number of esters is 1. The Labute approximate surface area is 103 Å². The molecule has 0 unspecified atom stereocenters. The quantitative estimate of drug-likeness (QED) is 0.713. The zero-order valence-electron chi connectivity index (χ0n) is 8.60. The predicted octanol–water partition coefficient (Wildman–Crippen LogP) is 2.92. The van der Waals surface area contributed by atoms with E-state index < -0.39 is 0 Å². The highest BCUT2D eigenvalue weighted by Gasteiger charge is 2.57. The van der Waals surface area contributed by atoms with E-state index in [1.807, 2.05) is 6.92 Å². The van der Waals surface area contributed by atoms with E-state index >= 15 is 0 Å². The highest BCUT2D eigenvalue weighted by Crippen LogP contribution is 2.66. The van der Waals surface area contributed by atoms with E-state index in [1.165, 1.54) is 0 Å². The van der Waals surface area contributed by atoms with Gasteiger partial charge in [0.1, 0.15) is 0 Å². The van der Waals surface area contributed by atoms with Crippen molar-refractivity contribution in [2.24, 2.45) is 5.41 Å². The van der Waals surface area contributed by atoms with E-state index in [0.717, 1.165) is 19.3 Å². The van der Waals surface area contributed by atoms with Gasteiger partial charge in [0.25, 0.3) is 0 Å². The van der Waals surface area contributed by atoms with Crippen LogP contribution >= 0.6 is 35.3 Å². The molecule has 0 atom stereocenters. The Balaban J connectivity index is 1.83. The van der Waals surface area contributed by atoms with Gasteiger partial charge in [-0.2, -0.15) is 0 Å². The average Bonchev–Trinajstić information content (AvgIpc) is 2.15. The van der Waals surface area contributed by atoms with Gasteiger partial charge in [0, 0.05) is 0 Å². The molecule has 4 fully saturated rings. The number of carbonyl (C=O) groups excluding carboxylic acids is 1. The second-order valence-electron chi connectivity index (χ2n) is 4.31. The Morgan fingerprint density at radius 2 is 1.67 bits per heavy atom. The molecule has 0 aromatic carbocycles. The van der Waals surface area contributed by atoms with Crippen molar-refractivity contribution in [3.05, 3.63) is 0 Å². The van der Waals surface area contributed by atoms with Gasteiger partial charge in [-0.25, -0.2) is 0 Å². The summed E-state index contributed by atoms with van der Waals surface area (Å²) in [7, 11) is 0. The smallest absolute Gasteiger partial charge is 0.312 e. The van der Waals surface area contributed by atoms with Crippen LogP contribution in [-0.4, -0.2) is 26.3 Å². The van der Waals surface area contributed by atoms with Crippen LogP contribution < -0.4 is 0 Å². The molecule has 5 heteroatoms. The monoisotopic (exact) mass is 262 g/mol. The highest BCUT2D eigenvalue weighted by atomic mass is 32.3. The summed E-state index contributed by atoms with van der Waals surface area (Å²) in [6, 6.07) is 0. The lowest BCUT2D eigenvalue weighted by atomic mass is 9.78. The second kappa shape index (κ2) is 3.77. The summed E-state index contributed by atoms with van der Waals surface area (Å²) in [6.45, 7) is 2.42. The number of thioether (sulfide) groups is 3. The zero-order valence-corrected chi connectivity index (χ0v) is 11.1. The molecule has 4 saturated heterocycles. The van der Waals surface area contributed by atoms with E-state index in [-0.39, 0.29) is 11.4 Å². The first-order valence-corrected chi connectivity index (χ1v) is 8.18. The lowest BCUT2D eigenvalue weighted by Gasteiger charge is -2.53. The van der Waals surface area contributed by atoms with Crippen LogP contribution in [0.2, 0.25) is 0 Å². The van der Waals surface area contributed by atoms with Crippen LogP contribution in [0.3, 0.4) is 0 Å². The van der Waals surface area contributed by atoms with Gasteiger partial charge >= 0.3 is 5.97 Å².